The van der Waals surface area contributed by atoms with Gasteiger partial charge in [-0.1, -0.05) is 30.4 Å². The molecule has 2 aromatic rings. The first-order valence-electron chi connectivity index (χ1n) is 5.23. The average Bonchev–Trinajstić information content (AvgIpc) is 2.39. The highest BCUT2D eigenvalue weighted by Crippen LogP contribution is 2.22. The maximum absolute atomic E-state index is 5.57. The topological polar surface area (TPSA) is 42.2 Å². The summed E-state index contributed by atoms with van der Waals surface area (Å²) in [7, 11) is 1.99. The number of anilines is 2. The van der Waals surface area contributed by atoms with Crippen LogP contribution in [-0.2, 0) is 0 Å². The lowest BCUT2D eigenvalue weighted by atomic mass is 10.2. The van der Waals surface area contributed by atoms with Crippen LogP contribution in [0.4, 0.5) is 11.4 Å². The van der Waals surface area contributed by atoms with Gasteiger partial charge >= 0.3 is 0 Å². The molecule has 86 valence electrons. The van der Waals surface area contributed by atoms with Crippen LogP contribution >= 0.6 is 12.2 Å². The van der Waals surface area contributed by atoms with Gasteiger partial charge in [-0.25, -0.2) is 0 Å². The third-order valence-electron chi connectivity index (χ3n) is 2.53. The molecular formula is C13H13N3S. The molecule has 0 atom stereocenters. The SMILES string of the molecule is CN(c1ccccc1)c1ccnc(C(N)=S)c1. The standard InChI is InChI=1S/C13H13N3S/c1-16(10-5-3-2-4-6-10)11-7-8-15-12(9-11)13(14)17/h2-9H,1H3,(H2,14,17). The maximum atomic E-state index is 5.57. The highest BCUT2D eigenvalue weighted by molar-refractivity contribution is 7.80. The van der Waals surface area contributed by atoms with Gasteiger partial charge in [0.05, 0.1) is 5.69 Å². The van der Waals surface area contributed by atoms with Gasteiger partial charge in [-0.05, 0) is 24.3 Å². The minimum absolute atomic E-state index is 0.313. The fraction of sp³-hybridized carbons (Fsp3) is 0.0769. The van der Waals surface area contributed by atoms with Crippen molar-refractivity contribution in [2.45, 2.75) is 0 Å². The van der Waals surface area contributed by atoms with Gasteiger partial charge in [-0.15, -0.1) is 0 Å². The van der Waals surface area contributed by atoms with Gasteiger partial charge in [0.15, 0.2) is 0 Å². The minimum Gasteiger partial charge on any atom is -0.388 e. The molecule has 2 N–H and O–H groups in total. The number of nitrogens with two attached hydrogens (primary N) is 1. The van der Waals surface area contributed by atoms with Crippen molar-refractivity contribution >= 4 is 28.6 Å². The van der Waals surface area contributed by atoms with E-state index in [2.05, 4.69) is 9.88 Å². The van der Waals surface area contributed by atoms with Gasteiger partial charge in [-0.3, -0.25) is 4.98 Å². The summed E-state index contributed by atoms with van der Waals surface area (Å²) in [5.74, 6) is 0. The number of benzene rings is 1. The second kappa shape index (κ2) is 4.93. The molecule has 0 aliphatic carbocycles. The van der Waals surface area contributed by atoms with Crippen LogP contribution in [0.1, 0.15) is 5.69 Å². The largest absolute Gasteiger partial charge is 0.388 e. The molecule has 0 amide bonds. The van der Waals surface area contributed by atoms with Crippen molar-refractivity contribution in [1.29, 1.82) is 0 Å². The summed E-state index contributed by atoms with van der Waals surface area (Å²) in [4.78, 5) is 6.49. The molecule has 0 saturated heterocycles. The molecular weight excluding hydrogens is 230 g/mol. The van der Waals surface area contributed by atoms with Crippen molar-refractivity contribution in [2.24, 2.45) is 5.73 Å². The number of nitrogens with zero attached hydrogens (tertiary/aromatic N) is 2. The Morgan fingerprint density at radius 2 is 1.88 bits per heavy atom. The van der Waals surface area contributed by atoms with Gasteiger partial charge in [0.1, 0.15) is 4.99 Å². The van der Waals surface area contributed by atoms with Crippen molar-refractivity contribution < 1.29 is 0 Å². The Labute approximate surface area is 106 Å². The Bertz CT molecular complexity index is 525. The molecule has 0 unspecified atom stereocenters. The van der Waals surface area contributed by atoms with E-state index in [1.54, 1.807) is 6.20 Å². The molecule has 0 saturated carbocycles. The van der Waals surface area contributed by atoms with E-state index >= 15 is 0 Å². The number of pyridine rings is 1. The number of thiocarbonyl (C=S) groups is 1. The van der Waals surface area contributed by atoms with Gasteiger partial charge < -0.3 is 10.6 Å². The molecule has 0 aliphatic heterocycles. The Morgan fingerprint density at radius 3 is 2.53 bits per heavy atom. The second-order valence-corrected chi connectivity index (χ2v) is 4.10. The van der Waals surface area contributed by atoms with Crippen LogP contribution in [0.15, 0.2) is 48.7 Å². The fourth-order valence-electron chi connectivity index (χ4n) is 1.56. The van der Waals surface area contributed by atoms with Gasteiger partial charge in [0.25, 0.3) is 0 Å². The van der Waals surface area contributed by atoms with Crippen molar-refractivity contribution in [3.8, 4) is 0 Å². The normalized spacial score (nSPS) is 9.94. The Balaban J connectivity index is 2.34. The van der Waals surface area contributed by atoms with E-state index in [0.29, 0.717) is 10.7 Å². The first-order valence-corrected chi connectivity index (χ1v) is 5.64. The van der Waals surface area contributed by atoms with E-state index in [1.807, 2.05) is 49.5 Å². The number of rotatable bonds is 3. The first-order chi connectivity index (χ1) is 8.18. The molecule has 0 fully saturated rings. The van der Waals surface area contributed by atoms with Crippen molar-refractivity contribution in [3.05, 3.63) is 54.4 Å². The average molecular weight is 243 g/mol. The highest BCUT2D eigenvalue weighted by atomic mass is 32.1. The molecule has 4 heteroatoms. The summed E-state index contributed by atoms with van der Waals surface area (Å²) < 4.78 is 0. The zero-order valence-electron chi connectivity index (χ0n) is 9.50. The lowest BCUT2D eigenvalue weighted by molar-refractivity contribution is 1.18. The summed E-state index contributed by atoms with van der Waals surface area (Å²) >= 11 is 4.92. The quantitative estimate of drug-likeness (QED) is 0.841. The second-order valence-electron chi connectivity index (χ2n) is 3.66. The molecule has 3 nitrogen and oxygen atoms in total. The summed E-state index contributed by atoms with van der Waals surface area (Å²) in [6.07, 6.45) is 1.71. The molecule has 0 bridgehead atoms. The fourth-order valence-corrected chi connectivity index (χ4v) is 1.68. The van der Waals surface area contributed by atoms with Crippen LogP contribution in [0.2, 0.25) is 0 Å². The Morgan fingerprint density at radius 1 is 1.18 bits per heavy atom. The zero-order valence-corrected chi connectivity index (χ0v) is 10.3. The van der Waals surface area contributed by atoms with Crippen LogP contribution in [-0.4, -0.2) is 17.0 Å². The minimum atomic E-state index is 0.313. The van der Waals surface area contributed by atoms with Crippen LogP contribution < -0.4 is 10.6 Å². The Hall–Kier alpha value is -1.94. The number of aromatic nitrogens is 1. The van der Waals surface area contributed by atoms with Crippen molar-refractivity contribution in [3.63, 3.8) is 0 Å². The molecule has 0 spiro atoms. The van der Waals surface area contributed by atoms with Gasteiger partial charge in [0.2, 0.25) is 0 Å². The van der Waals surface area contributed by atoms with Crippen LogP contribution in [0.25, 0.3) is 0 Å². The van der Waals surface area contributed by atoms with Gasteiger partial charge in [0, 0.05) is 24.6 Å². The van der Waals surface area contributed by atoms with E-state index < -0.39 is 0 Å². The molecule has 1 aromatic heterocycles. The monoisotopic (exact) mass is 243 g/mol. The predicted octanol–water partition coefficient (Wildman–Crippen LogP) is 2.48. The van der Waals surface area contributed by atoms with E-state index in [0.717, 1.165) is 11.4 Å². The molecule has 17 heavy (non-hydrogen) atoms. The lowest BCUT2D eigenvalue weighted by Gasteiger charge is -2.19. The third-order valence-corrected chi connectivity index (χ3v) is 2.74. The van der Waals surface area contributed by atoms with Crippen LogP contribution in [0.3, 0.4) is 0 Å². The Kier molecular flexibility index (Phi) is 3.35. The lowest BCUT2D eigenvalue weighted by Crippen LogP contribution is -2.14. The van der Waals surface area contributed by atoms with Crippen molar-refractivity contribution in [1.82, 2.24) is 4.98 Å². The number of hydrogen-bond donors (Lipinski definition) is 1. The first kappa shape index (κ1) is 11.5. The van der Waals surface area contributed by atoms with Gasteiger partial charge in [-0.2, -0.15) is 0 Å². The maximum Gasteiger partial charge on any atom is 0.122 e. The van der Waals surface area contributed by atoms with E-state index in [-0.39, 0.29) is 0 Å². The zero-order chi connectivity index (χ0) is 12.3. The molecule has 0 radical (unpaired) electrons. The molecule has 1 heterocycles. The van der Waals surface area contributed by atoms with E-state index in [1.165, 1.54) is 0 Å². The van der Waals surface area contributed by atoms with Crippen LogP contribution in [0, 0.1) is 0 Å². The summed E-state index contributed by atoms with van der Waals surface area (Å²) in [6.45, 7) is 0. The summed E-state index contributed by atoms with van der Waals surface area (Å²) in [6, 6.07) is 13.9. The summed E-state index contributed by atoms with van der Waals surface area (Å²) in [5, 5.41) is 0. The molecule has 0 aliphatic rings. The van der Waals surface area contributed by atoms with E-state index in [9.17, 15) is 0 Å². The van der Waals surface area contributed by atoms with E-state index in [4.69, 9.17) is 18.0 Å². The highest BCUT2D eigenvalue weighted by Gasteiger charge is 2.05. The van der Waals surface area contributed by atoms with Crippen LogP contribution in [0.5, 0.6) is 0 Å². The third kappa shape index (κ3) is 2.60. The van der Waals surface area contributed by atoms with Crippen molar-refractivity contribution in [2.75, 3.05) is 11.9 Å². The smallest absolute Gasteiger partial charge is 0.122 e. The summed E-state index contributed by atoms with van der Waals surface area (Å²) in [5.41, 5.74) is 8.32. The predicted molar refractivity (Wildman–Crippen MR) is 74.6 cm³/mol. The molecule has 1 aromatic carbocycles. The molecule has 2 rings (SSSR count). The number of hydrogen-bond acceptors (Lipinski definition) is 3. The number of para-hydroxylation sites is 1.